The lowest BCUT2D eigenvalue weighted by atomic mass is 9.86. The number of hydrogen-bond acceptors (Lipinski definition) is 1. The molecule has 92 valence electrons. The number of alkyl halides is 1. The molecule has 0 amide bonds. The fraction of sp³-hybridized carbons (Fsp3) is 1.00. The van der Waals surface area contributed by atoms with Crippen LogP contribution in [0.4, 0.5) is 0 Å². The Morgan fingerprint density at radius 2 is 1.94 bits per heavy atom. The first-order valence-electron chi connectivity index (χ1n) is 7.17. The molecule has 3 aliphatic rings. The largest absolute Gasteiger partial charge is 0.299 e. The Kier molecular flexibility index (Phi) is 3.44. The Hall–Kier alpha value is 0.250. The van der Waals surface area contributed by atoms with E-state index in [9.17, 15) is 0 Å². The van der Waals surface area contributed by atoms with Crippen molar-refractivity contribution in [2.45, 2.75) is 51.0 Å². The van der Waals surface area contributed by atoms with Gasteiger partial charge >= 0.3 is 0 Å². The van der Waals surface area contributed by atoms with Crippen LogP contribution in [-0.2, 0) is 0 Å². The molecule has 3 fully saturated rings. The molecule has 0 aromatic rings. The standard InChI is InChI=1S/C14H24ClN/c15-6-7-16(14-2-1-3-14)10-13-9-11-4-5-12(13)8-11/h11-14H,1-10H2. The Balaban J connectivity index is 1.54. The molecule has 0 saturated heterocycles. The normalized spacial score (nSPS) is 38.2. The number of fused-ring (bicyclic) bond motifs is 2. The van der Waals surface area contributed by atoms with Gasteiger partial charge in [-0.15, -0.1) is 11.6 Å². The highest BCUT2D eigenvalue weighted by atomic mass is 35.5. The fourth-order valence-corrected chi connectivity index (χ4v) is 4.40. The molecular weight excluding hydrogens is 218 g/mol. The predicted octanol–water partition coefficient (Wildman–Crippen LogP) is 3.52. The van der Waals surface area contributed by atoms with Crippen LogP contribution in [0.3, 0.4) is 0 Å². The van der Waals surface area contributed by atoms with E-state index in [1.807, 2.05) is 0 Å². The Labute approximate surface area is 105 Å². The molecule has 2 bridgehead atoms. The van der Waals surface area contributed by atoms with Crippen molar-refractivity contribution in [3.8, 4) is 0 Å². The van der Waals surface area contributed by atoms with Crippen molar-refractivity contribution in [1.29, 1.82) is 0 Å². The van der Waals surface area contributed by atoms with E-state index in [1.54, 1.807) is 6.42 Å². The van der Waals surface area contributed by atoms with E-state index in [-0.39, 0.29) is 0 Å². The SMILES string of the molecule is ClCCN(CC1CC2CCC1C2)C1CCC1. The van der Waals surface area contributed by atoms with E-state index in [1.165, 1.54) is 45.1 Å². The van der Waals surface area contributed by atoms with Crippen LogP contribution in [0.5, 0.6) is 0 Å². The number of hydrogen-bond donors (Lipinski definition) is 0. The molecule has 1 nitrogen and oxygen atoms in total. The summed E-state index contributed by atoms with van der Waals surface area (Å²) in [5.41, 5.74) is 0. The summed E-state index contributed by atoms with van der Waals surface area (Å²) in [6, 6.07) is 0.887. The van der Waals surface area contributed by atoms with Crippen molar-refractivity contribution in [2.75, 3.05) is 19.0 Å². The molecule has 16 heavy (non-hydrogen) atoms. The number of halogens is 1. The molecule has 3 atom stereocenters. The molecule has 0 spiro atoms. The first-order valence-corrected chi connectivity index (χ1v) is 7.70. The highest BCUT2D eigenvalue weighted by molar-refractivity contribution is 6.18. The van der Waals surface area contributed by atoms with E-state index in [4.69, 9.17) is 11.6 Å². The van der Waals surface area contributed by atoms with Crippen LogP contribution in [0, 0.1) is 17.8 Å². The zero-order valence-corrected chi connectivity index (χ0v) is 11.0. The van der Waals surface area contributed by atoms with Crippen LogP contribution in [0.15, 0.2) is 0 Å². The molecule has 3 aliphatic carbocycles. The second kappa shape index (κ2) is 4.86. The summed E-state index contributed by atoms with van der Waals surface area (Å²) in [5, 5.41) is 0. The van der Waals surface area contributed by atoms with Gasteiger partial charge in [0.25, 0.3) is 0 Å². The lowest BCUT2D eigenvalue weighted by Gasteiger charge is -2.40. The van der Waals surface area contributed by atoms with Crippen LogP contribution in [-0.4, -0.2) is 29.9 Å². The summed E-state index contributed by atoms with van der Waals surface area (Å²) in [4.78, 5) is 2.71. The molecule has 0 aromatic carbocycles. The maximum absolute atomic E-state index is 5.94. The Morgan fingerprint density at radius 3 is 2.44 bits per heavy atom. The molecule has 3 saturated carbocycles. The zero-order valence-electron chi connectivity index (χ0n) is 10.2. The Morgan fingerprint density at radius 1 is 1.06 bits per heavy atom. The summed E-state index contributed by atoms with van der Waals surface area (Å²) >= 11 is 5.94. The zero-order chi connectivity index (χ0) is 11.0. The van der Waals surface area contributed by atoms with Gasteiger partial charge in [0, 0.05) is 25.0 Å². The first kappa shape index (κ1) is 11.3. The average Bonchev–Trinajstić information content (AvgIpc) is 2.76. The Bertz CT molecular complexity index is 239. The van der Waals surface area contributed by atoms with Gasteiger partial charge in [-0.3, -0.25) is 4.90 Å². The maximum Gasteiger partial charge on any atom is 0.0351 e. The fourth-order valence-electron chi connectivity index (χ4n) is 4.18. The summed E-state index contributed by atoms with van der Waals surface area (Å²) < 4.78 is 0. The lowest BCUT2D eigenvalue weighted by molar-refractivity contribution is 0.0992. The molecule has 3 rings (SSSR count). The highest BCUT2D eigenvalue weighted by Gasteiger charge is 2.40. The van der Waals surface area contributed by atoms with Gasteiger partial charge in [0.15, 0.2) is 0 Å². The average molecular weight is 242 g/mol. The first-order chi connectivity index (χ1) is 7.86. The van der Waals surface area contributed by atoms with Gasteiger partial charge in [-0.2, -0.15) is 0 Å². The van der Waals surface area contributed by atoms with Gasteiger partial charge in [0.05, 0.1) is 0 Å². The third kappa shape index (κ3) is 2.13. The van der Waals surface area contributed by atoms with E-state index in [0.717, 1.165) is 36.2 Å². The minimum atomic E-state index is 0.817. The second-order valence-electron chi connectivity index (χ2n) is 6.20. The van der Waals surface area contributed by atoms with Gasteiger partial charge in [0.1, 0.15) is 0 Å². The van der Waals surface area contributed by atoms with Gasteiger partial charge in [-0.25, -0.2) is 0 Å². The minimum absolute atomic E-state index is 0.817. The third-order valence-corrected chi connectivity index (χ3v) is 5.49. The smallest absolute Gasteiger partial charge is 0.0351 e. The van der Waals surface area contributed by atoms with Crippen LogP contribution < -0.4 is 0 Å². The topological polar surface area (TPSA) is 3.24 Å². The monoisotopic (exact) mass is 241 g/mol. The molecule has 0 heterocycles. The van der Waals surface area contributed by atoms with Crippen molar-refractivity contribution < 1.29 is 0 Å². The predicted molar refractivity (Wildman–Crippen MR) is 68.9 cm³/mol. The summed E-state index contributed by atoms with van der Waals surface area (Å²) in [6.45, 7) is 2.48. The number of nitrogens with zero attached hydrogens (tertiary/aromatic N) is 1. The molecule has 3 unspecified atom stereocenters. The molecule has 0 aromatic heterocycles. The van der Waals surface area contributed by atoms with E-state index in [2.05, 4.69) is 4.90 Å². The van der Waals surface area contributed by atoms with E-state index < -0.39 is 0 Å². The van der Waals surface area contributed by atoms with Gasteiger partial charge < -0.3 is 0 Å². The van der Waals surface area contributed by atoms with E-state index >= 15 is 0 Å². The van der Waals surface area contributed by atoms with Gasteiger partial charge in [-0.1, -0.05) is 12.8 Å². The van der Waals surface area contributed by atoms with Crippen LogP contribution in [0.1, 0.15) is 44.9 Å². The quantitative estimate of drug-likeness (QED) is 0.666. The molecule has 0 N–H and O–H groups in total. The van der Waals surface area contributed by atoms with Crippen molar-refractivity contribution in [3.05, 3.63) is 0 Å². The molecule has 0 radical (unpaired) electrons. The van der Waals surface area contributed by atoms with Crippen LogP contribution >= 0.6 is 11.6 Å². The highest BCUT2D eigenvalue weighted by Crippen LogP contribution is 2.48. The second-order valence-corrected chi connectivity index (χ2v) is 6.58. The maximum atomic E-state index is 5.94. The van der Waals surface area contributed by atoms with Crippen molar-refractivity contribution >= 4 is 11.6 Å². The van der Waals surface area contributed by atoms with Crippen molar-refractivity contribution in [3.63, 3.8) is 0 Å². The minimum Gasteiger partial charge on any atom is -0.299 e. The van der Waals surface area contributed by atoms with Gasteiger partial charge in [0.2, 0.25) is 0 Å². The summed E-state index contributed by atoms with van der Waals surface area (Å²) in [6.07, 6.45) is 10.4. The van der Waals surface area contributed by atoms with E-state index in [0.29, 0.717) is 0 Å². The lowest BCUT2D eigenvalue weighted by Crippen LogP contribution is -2.44. The van der Waals surface area contributed by atoms with Crippen molar-refractivity contribution in [2.24, 2.45) is 17.8 Å². The molecular formula is C14H24ClN. The van der Waals surface area contributed by atoms with Crippen LogP contribution in [0.25, 0.3) is 0 Å². The molecule has 2 heteroatoms. The van der Waals surface area contributed by atoms with Crippen molar-refractivity contribution in [1.82, 2.24) is 4.90 Å². The third-order valence-electron chi connectivity index (χ3n) is 5.32. The molecule has 0 aliphatic heterocycles. The van der Waals surface area contributed by atoms with Gasteiger partial charge in [-0.05, 0) is 49.9 Å². The summed E-state index contributed by atoms with van der Waals surface area (Å²) in [5.74, 6) is 4.00. The van der Waals surface area contributed by atoms with Crippen LogP contribution in [0.2, 0.25) is 0 Å². The summed E-state index contributed by atoms with van der Waals surface area (Å²) in [7, 11) is 0. The number of rotatable bonds is 5.